The molecule has 2 rings (SSSR count). The van der Waals surface area contributed by atoms with Crippen molar-refractivity contribution in [3.05, 3.63) is 34.9 Å². The first-order valence-electron chi connectivity index (χ1n) is 7.82. The summed E-state index contributed by atoms with van der Waals surface area (Å²) in [5.41, 5.74) is 1.03. The van der Waals surface area contributed by atoms with Crippen LogP contribution in [0.4, 0.5) is 0 Å². The van der Waals surface area contributed by atoms with Gasteiger partial charge in [-0.3, -0.25) is 4.79 Å². The lowest BCUT2D eigenvalue weighted by Crippen LogP contribution is -2.47. The number of nitrogens with one attached hydrogen (secondary N) is 1. The molecule has 0 spiro atoms. The Bertz CT molecular complexity index is 500. The third-order valence-corrected chi connectivity index (χ3v) is 4.61. The first-order chi connectivity index (χ1) is 10.6. The van der Waals surface area contributed by atoms with Crippen LogP contribution in [0.2, 0.25) is 5.02 Å². The van der Waals surface area contributed by atoms with Gasteiger partial charge in [-0.25, -0.2) is 0 Å². The second-order valence-electron chi connectivity index (χ2n) is 5.73. The molecule has 0 aliphatic carbocycles. The highest BCUT2D eigenvalue weighted by Crippen LogP contribution is 2.38. The van der Waals surface area contributed by atoms with Gasteiger partial charge < -0.3 is 14.8 Å². The summed E-state index contributed by atoms with van der Waals surface area (Å²) in [4.78, 5) is 11.8. The molecular formula is C17H24ClNO3. The van der Waals surface area contributed by atoms with Gasteiger partial charge in [0.25, 0.3) is 0 Å². The summed E-state index contributed by atoms with van der Waals surface area (Å²) in [7, 11) is 0. The maximum absolute atomic E-state index is 11.8. The lowest BCUT2D eigenvalue weighted by Gasteiger charge is -2.39. The van der Waals surface area contributed by atoms with Gasteiger partial charge in [-0.2, -0.15) is 0 Å². The van der Waals surface area contributed by atoms with Crippen molar-refractivity contribution in [1.29, 1.82) is 0 Å². The monoisotopic (exact) mass is 325 g/mol. The number of esters is 1. The highest BCUT2D eigenvalue weighted by molar-refractivity contribution is 6.31. The van der Waals surface area contributed by atoms with E-state index >= 15 is 0 Å². The van der Waals surface area contributed by atoms with Gasteiger partial charge in [0.1, 0.15) is 6.04 Å². The predicted octanol–water partition coefficient (Wildman–Crippen LogP) is 2.93. The molecule has 4 nitrogen and oxygen atoms in total. The Hall–Kier alpha value is -1.10. The molecule has 0 amide bonds. The molecule has 0 saturated carbocycles. The SMILES string of the molecule is CCOC(=O)C(C)NCC1(c2ccccc2Cl)CCOCC1. The van der Waals surface area contributed by atoms with E-state index < -0.39 is 0 Å². The molecule has 0 radical (unpaired) electrons. The molecule has 0 bridgehead atoms. The molecule has 1 aromatic carbocycles. The molecule has 122 valence electrons. The Balaban J connectivity index is 2.13. The average molecular weight is 326 g/mol. The summed E-state index contributed by atoms with van der Waals surface area (Å²) in [6.07, 6.45) is 1.78. The number of rotatable bonds is 6. The van der Waals surface area contributed by atoms with Crippen LogP contribution in [-0.2, 0) is 19.7 Å². The van der Waals surface area contributed by atoms with Crippen molar-refractivity contribution in [1.82, 2.24) is 5.32 Å². The number of benzene rings is 1. The molecule has 0 aromatic heterocycles. The Morgan fingerprint density at radius 1 is 1.41 bits per heavy atom. The lowest BCUT2D eigenvalue weighted by molar-refractivity contribution is -0.145. The molecule has 5 heteroatoms. The Labute approximate surface area is 137 Å². The van der Waals surface area contributed by atoms with Gasteiger partial charge in [0.15, 0.2) is 0 Å². The molecule has 1 saturated heterocycles. The molecule has 1 aliphatic rings. The van der Waals surface area contributed by atoms with Crippen LogP contribution in [0, 0.1) is 0 Å². The second-order valence-corrected chi connectivity index (χ2v) is 6.13. The molecule has 1 N–H and O–H groups in total. The number of ether oxygens (including phenoxy) is 2. The van der Waals surface area contributed by atoms with Crippen molar-refractivity contribution >= 4 is 17.6 Å². The molecule has 1 heterocycles. The van der Waals surface area contributed by atoms with Gasteiger partial charge in [-0.15, -0.1) is 0 Å². The third-order valence-electron chi connectivity index (χ3n) is 4.28. The molecule has 1 aliphatic heterocycles. The van der Waals surface area contributed by atoms with Crippen LogP contribution in [0.15, 0.2) is 24.3 Å². The van der Waals surface area contributed by atoms with E-state index in [0.717, 1.165) is 23.4 Å². The number of hydrogen-bond acceptors (Lipinski definition) is 4. The van der Waals surface area contributed by atoms with Gasteiger partial charge in [-0.1, -0.05) is 29.8 Å². The zero-order valence-corrected chi connectivity index (χ0v) is 14.0. The van der Waals surface area contributed by atoms with E-state index in [0.29, 0.717) is 26.4 Å². The molecule has 22 heavy (non-hydrogen) atoms. The minimum absolute atomic E-state index is 0.0999. The second kappa shape index (κ2) is 7.95. The standard InChI is InChI=1S/C17H24ClNO3/c1-3-22-16(20)13(2)19-12-17(8-10-21-11-9-17)14-6-4-5-7-15(14)18/h4-7,13,19H,3,8-12H2,1-2H3. The minimum Gasteiger partial charge on any atom is -0.465 e. The maximum atomic E-state index is 11.8. The molecule has 1 fully saturated rings. The zero-order chi connectivity index (χ0) is 16.0. The van der Waals surface area contributed by atoms with E-state index in [1.807, 2.05) is 32.0 Å². The Morgan fingerprint density at radius 3 is 2.73 bits per heavy atom. The highest BCUT2D eigenvalue weighted by Gasteiger charge is 2.36. The van der Waals surface area contributed by atoms with E-state index in [1.165, 1.54) is 0 Å². The van der Waals surface area contributed by atoms with Gasteiger partial charge in [-0.05, 0) is 38.3 Å². The first kappa shape index (κ1) is 17.3. The molecular weight excluding hydrogens is 302 g/mol. The summed E-state index contributed by atoms with van der Waals surface area (Å²) in [5.74, 6) is -0.219. The van der Waals surface area contributed by atoms with Crippen molar-refractivity contribution in [2.75, 3.05) is 26.4 Å². The first-order valence-corrected chi connectivity index (χ1v) is 8.19. The van der Waals surface area contributed by atoms with E-state index in [9.17, 15) is 4.79 Å². The van der Waals surface area contributed by atoms with Gasteiger partial charge in [0.05, 0.1) is 6.61 Å². The fourth-order valence-corrected chi connectivity index (χ4v) is 3.23. The van der Waals surface area contributed by atoms with Crippen LogP contribution in [0.1, 0.15) is 32.3 Å². The summed E-state index contributed by atoms with van der Waals surface area (Å²) >= 11 is 6.41. The third kappa shape index (κ3) is 4.00. The number of hydrogen-bond donors (Lipinski definition) is 1. The number of carbonyl (C=O) groups excluding carboxylic acids is 1. The smallest absolute Gasteiger partial charge is 0.322 e. The van der Waals surface area contributed by atoms with Crippen molar-refractivity contribution in [3.63, 3.8) is 0 Å². The summed E-state index contributed by atoms with van der Waals surface area (Å²) in [5, 5.41) is 4.09. The fraction of sp³-hybridized carbons (Fsp3) is 0.588. The van der Waals surface area contributed by atoms with E-state index in [4.69, 9.17) is 21.1 Å². The van der Waals surface area contributed by atoms with Crippen LogP contribution in [-0.4, -0.2) is 38.4 Å². The largest absolute Gasteiger partial charge is 0.465 e. The zero-order valence-electron chi connectivity index (χ0n) is 13.2. The average Bonchev–Trinajstić information content (AvgIpc) is 2.54. The maximum Gasteiger partial charge on any atom is 0.322 e. The van der Waals surface area contributed by atoms with Crippen LogP contribution >= 0.6 is 11.6 Å². The molecule has 1 aromatic rings. The van der Waals surface area contributed by atoms with Gasteiger partial charge in [0.2, 0.25) is 0 Å². The number of halogens is 1. The van der Waals surface area contributed by atoms with Crippen molar-refractivity contribution in [2.24, 2.45) is 0 Å². The van der Waals surface area contributed by atoms with Crippen LogP contribution in [0.3, 0.4) is 0 Å². The normalized spacial score (nSPS) is 18.7. The van der Waals surface area contributed by atoms with Crippen molar-refractivity contribution < 1.29 is 14.3 Å². The summed E-state index contributed by atoms with van der Waals surface area (Å²) in [6.45, 7) is 6.14. The van der Waals surface area contributed by atoms with Crippen LogP contribution in [0.25, 0.3) is 0 Å². The number of carbonyl (C=O) groups is 1. The molecule has 1 atom stereocenters. The summed E-state index contributed by atoms with van der Waals surface area (Å²) in [6, 6.07) is 7.61. The van der Waals surface area contributed by atoms with Gasteiger partial charge in [0, 0.05) is 30.2 Å². The topological polar surface area (TPSA) is 47.6 Å². The van der Waals surface area contributed by atoms with Crippen molar-refractivity contribution in [2.45, 2.75) is 38.1 Å². The van der Waals surface area contributed by atoms with Crippen LogP contribution < -0.4 is 5.32 Å². The molecule has 1 unspecified atom stereocenters. The van der Waals surface area contributed by atoms with Gasteiger partial charge >= 0.3 is 5.97 Å². The minimum atomic E-state index is -0.331. The quantitative estimate of drug-likeness (QED) is 0.817. The Kier molecular flexibility index (Phi) is 6.24. The summed E-state index contributed by atoms with van der Waals surface area (Å²) < 4.78 is 10.6. The lowest BCUT2D eigenvalue weighted by atomic mass is 9.74. The predicted molar refractivity (Wildman–Crippen MR) is 87.3 cm³/mol. The van der Waals surface area contributed by atoms with E-state index in [2.05, 4.69) is 11.4 Å². The van der Waals surface area contributed by atoms with E-state index in [1.54, 1.807) is 0 Å². The van der Waals surface area contributed by atoms with Crippen molar-refractivity contribution in [3.8, 4) is 0 Å². The fourth-order valence-electron chi connectivity index (χ4n) is 2.89. The van der Waals surface area contributed by atoms with Crippen LogP contribution in [0.5, 0.6) is 0 Å². The Morgan fingerprint density at radius 2 is 2.09 bits per heavy atom. The van der Waals surface area contributed by atoms with E-state index in [-0.39, 0.29) is 17.4 Å². The highest BCUT2D eigenvalue weighted by atomic mass is 35.5.